The number of tetrazole rings is 1. The average molecular weight is 388 g/mol. The largest absolute Gasteiger partial charge is 0.484 e. The van der Waals surface area contributed by atoms with E-state index in [1.807, 2.05) is 41.3 Å². The molecular formula is C21H20N6O2. The van der Waals surface area contributed by atoms with Gasteiger partial charge in [-0.1, -0.05) is 18.2 Å². The normalized spacial score (nSPS) is 13.5. The number of benzene rings is 2. The van der Waals surface area contributed by atoms with E-state index in [1.54, 1.807) is 7.05 Å². The minimum absolute atomic E-state index is 0.0122. The van der Waals surface area contributed by atoms with Crippen molar-refractivity contribution < 1.29 is 9.53 Å². The highest BCUT2D eigenvalue weighted by Crippen LogP contribution is 2.27. The Bertz CT molecular complexity index is 1180. The molecule has 0 unspecified atom stereocenters. The lowest BCUT2D eigenvalue weighted by Gasteiger charge is -2.27. The van der Waals surface area contributed by atoms with Crippen LogP contribution in [-0.4, -0.2) is 49.1 Å². The van der Waals surface area contributed by atoms with Gasteiger partial charge in [-0.15, -0.1) is 10.2 Å². The molecule has 3 heterocycles. The van der Waals surface area contributed by atoms with Crippen LogP contribution in [0.2, 0.25) is 0 Å². The van der Waals surface area contributed by atoms with Gasteiger partial charge in [-0.2, -0.15) is 4.80 Å². The van der Waals surface area contributed by atoms with Crippen LogP contribution < -0.4 is 4.74 Å². The number of amides is 1. The zero-order valence-corrected chi connectivity index (χ0v) is 16.0. The van der Waals surface area contributed by atoms with Gasteiger partial charge in [0.15, 0.2) is 6.61 Å². The number of aromatic amines is 1. The maximum absolute atomic E-state index is 12.6. The Morgan fingerprint density at radius 3 is 2.79 bits per heavy atom. The Kier molecular flexibility index (Phi) is 4.23. The quantitative estimate of drug-likeness (QED) is 0.580. The first-order valence-corrected chi connectivity index (χ1v) is 9.51. The lowest BCUT2D eigenvalue weighted by molar-refractivity contribution is -0.134. The summed E-state index contributed by atoms with van der Waals surface area (Å²) >= 11 is 0. The highest BCUT2D eigenvalue weighted by molar-refractivity contribution is 5.85. The van der Waals surface area contributed by atoms with Crippen molar-refractivity contribution in [2.24, 2.45) is 7.05 Å². The predicted octanol–water partition coefficient (Wildman–Crippen LogP) is 2.32. The fourth-order valence-corrected chi connectivity index (χ4v) is 3.74. The van der Waals surface area contributed by atoms with Crippen LogP contribution in [0.5, 0.6) is 5.75 Å². The molecule has 8 nitrogen and oxygen atoms in total. The molecule has 0 bridgehead atoms. The number of carbonyl (C=O) groups is 1. The summed E-state index contributed by atoms with van der Waals surface area (Å²) in [5.41, 5.74) is 4.41. The first-order chi connectivity index (χ1) is 14.2. The molecule has 5 rings (SSSR count). The third-order valence-corrected chi connectivity index (χ3v) is 5.22. The molecule has 0 aliphatic carbocycles. The lowest BCUT2D eigenvalue weighted by atomic mass is 10.0. The summed E-state index contributed by atoms with van der Waals surface area (Å²) in [7, 11) is 1.72. The van der Waals surface area contributed by atoms with Crippen molar-refractivity contribution in [1.29, 1.82) is 0 Å². The highest BCUT2D eigenvalue weighted by Gasteiger charge is 2.24. The average Bonchev–Trinajstić information content (AvgIpc) is 3.35. The van der Waals surface area contributed by atoms with Crippen LogP contribution in [0.4, 0.5) is 0 Å². The van der Waals surface area contributed by atoms with E-state index >= 15 is 0 Å². The molecule has 0 atom stereocenters. The summed E-state index contributed by atoms with van der Waals surface area (Å²) in [6.07, 6.45) is 0.852. The molecular weight excluding hydrogens is 368 g/mol. The maximum atomic E-state index is 12.6. The monoisotopic (exact) mass is 388 g/mol. The van der Waals surface area contributed by atoms with E-state index in [0.717, 1.165) is 23.2 Å². The number of rotatable bonds is 4. The number of ether oxygens (including phenoxy) is 1. The smallest absolute Gasteiger partial charge is 0.260 e. The number of nitrogens with one attached hydrogen (secondary N) is 1. The molecule has 146 valence electrons. The van der Waals surface area contributed by atoms with Crippen molar-refractivity contribution in [1.82, 2.24) is 30.1 Å². The fourth-order valence-electron chi connectivity index (χ4n) is 3.74. The van der Waals surface area contributed by atoms with Crippen LogP contribution in [0.15, 0.2) is 48.5 Å². The SMILES string of the molecule is Cn1nnc(-c2ccc(OCC(=O)N3CCc4c([nH]c5ccccc45)C3)cc2)n1. The first kappa shape index (κ1) is 17.4. The Morgan fingerprint density at radius 2 is 2.00 bits per heavy atom. The summed E-state index contributed by atoms with van der Waals surface area (Å²) in [5, 5.41) is 13.2. The van der Waals surface area contributed by atoms with Gasteiger partial charge in [-0.25, -0.2) is 0 Å². The van der Waals surface area contributed by atoms with E-state index in [4.69, 9.17) is 4.74 Å². The Hall–Kier alpha value is -3.68. The number of para-hydroxylation sites is 1. The van der Waals surface area contributed by atoms with Crippen molar-refractivity contribution in [3.63, 3.8) is 0 Å². The molecule has 0 saturated heterocycles. The van der Waals surface area contributed by atoms with Crippen molar-refractivity contribution in [2.45, 2.75) is 13.0 Å². The van der Waals surface area contributed by atoms with Gasteiger partial charge in [0.1, 0.15) is 5.75 Å². The van der Waals surface area contributed by atoms with Crippen LogP contribution >= 0.6 is 0 Å². The topological polar surface area (TPSA) is 88.9 Å². The molecule has 2 aromatic carbocycles. The molecule has 0 saturated carbocycles. The molecule has 0 fully saturated rings. The van der Waals surface area contributed by atoms with Crippen LogP contribution in [0.1, 0.15) is 11.3 Å². The van der Waals surface area contributed by atoms with Gasteiger partial charge in [0.2, 0.25) is 5.82 Å². The zero-order valence-electron chi connectivity index (χ0n) is 16.0. The molecule has 0 radical (unpaired) electrons. The van der Waals surface area contributed by atoms with Gasteiger partial charge in [0, 0.05) is 28.7 Å². The van der Waals surface area contributed by atoms with E-state index in [-0.39, 0.29) is 12.5 Å². The van der Waals surface area contributed by atoms with Crippen LogP contribution in [0, 0.1) is 0 Å². The number of hydrogen-bond donors (Lipinski definition) is 1. The zero-order chi connectivity index (χ0) is 19.8. The molecule has 8 heteroatoms. The van der Waals surface area contributed by atoms with Crippen LogP contribution in [0.25, 0.3) is 22.3 Å². The number of aryl methyl sites for hydroxylation is 1. The predicted molar refractivity (Wildman–Crippen MR) is 107 cm³/mol. The molecule has 29 heavy (non-hydrogen) atoms. The second-order valence-corrected chi connectivity index (χ2v) is 7.11. The molecule has 1 aliphatic rings. The van der Waals surface area contributed by atoms with E-state index in [1.165, 1.54) is 15.7 Å². The van der Waals surface area contributed by atoms with E-state index in [0.29, 0.717) is 24.7 Å². The number of hydrogen-bond acceptors (Lipinski definition) is 5. The highest BCUT2D eigenvalue weighted by atomic mass is 16.5. The number of H-pyrrole nitrogens is 1. The van der Waals surface area contributed by atoms with Gasteiger partial charge >= 0.3 is 0 Å². The van der Waals surface area contributed by atoms with Crippen molar-refractivity contribution >= 4 is 16.8 Å². The second-order valence-electron chi connectivity index (χ2n) is 7.11. The van der Waals surface area contributed by atoms with Gasteiger partial charge in [0.05, 0.1) is 13.6 Å². The molecule has 0 spiro atoms. The number of nitrogens with zero attached hydrogens (tertiary/aromatic N) is 5. The second kappa shape index (κ2) is 7.05. The molecule has 4 aromatic rings. The molecule has 2 aromatic heterocycles. The molecule has 1 N–H and O–H groups in total. The summed E-state index contributed by atoms with van der Waals surface area (Å²) in [6.45, 7) is 1.30. The number of carbonyl (C=O) groups excluding carboxylic acids is 1. The Labute approximate surface area is 167 Å². The minimum Gasteiger partial charge on any atom is -0.484 e. The van der Waals surface area contributed by atoms with Crippen molar-refractivity contribution in [3.8, 4) is 17.1 Å². The Morgan fingerprint density at radius 1 is 1.17 bits per heavy atom. The maximum Gasteiger partial charge on any atom is 0.260 e. The summed E-state index contributed by atoms with van der Waals surface area (Å²) in [5.74, 6) is 1.17. The number of aromatic nitrogens is 5. The summed E-state index contributed by atoms with van der Waals surface area (Å²) in [4.78, 5) is 19.3. The van der Waals surface area contributed by atoms with E-state index in [9.17, 15) is 4.79 Å². The standard InChI is InChI=1S/C21H20N6O2/c1-26-24-21(23-25-26)14-6-8-15(9-7-14)29-13-20(28)27-11-10-17-16-4-2-3-5-18(16)22-19(17)12-27/h2-9,22H,10-13H2,1H3. The lowest BCUT2D eigenvalue weighted by Crippen LogP contribution is -2.38. The Balaban J connectivity index is 1.22. The summed E-state index contributed by atoms with van der Waals surface area (Å²) in [6, 6.07) is 15.6. The summed E-state index contributed by atoms with van der Waals surface area (Å²) < 4.78 is 5.70. The van der Waals surface area contributed by atoms with Gasteiger partial charge < -0.3 is 14.6 Å². The third-order valence-electron chi connectivity index (χ3n) is 5.22. The van der Waals surface area contributed by atoms with Crippen molar-refractivity contribution in [2.75, 3.05) is 13.2 Å². The molecule has 1 aliphatic heterocycles. The first-order valence-electron chi connectivity index (χ1n) is 9.51. The fraction of sp³-hybridized carbons (Fsp3) is 0.238. The van der Waals surface area contributed by atoms with Crippen molar-refractivity contribution in [3.05, 3.63) is 59.8 Å². The van der Waals surface area contributed by atoms with E-state index < -0.39 is 0 Å². The van der Waals surface area contributed by atoms with Crippen LogP contribution in [0.3, 0.4) is 0 Å². The number of fused-ring (bicyclic) bond motifs is 3. The third kappa shape index (κ3) is 3.33. The minimum atomic E-state index is -0.0195. The van der Waals surface area contributed by atoms with Gasteiger partial charge in [0.25, 0.3) is 5.91 Å². The van der Waals surface area contributed by atoms with Crippen LogP contribution in [-0.2, 0) is 24.8 Å². The molecule has 1 amide bonds. The van der Waals surface area contributed by atoms with E-state index in [2.05, 4.69) is 32.5 Å². The van der Waals surface area contributed by atoms with Gasteiger partial charge in [-0.3, -0.25) is 4.79 Å². The van der Waals surface area contributed by atoms with Gasteiger partial charge in [-0.05, 0) is 47.5 Å².